The molecule has 0 amide bonds. The third-order valence-corrected chi connectivity index (χ3v) is 10.9. The van der Waals surface area contributed by atoms with Crippen molar-refractivity contribution in [2.45, 2.75) is 125 Å². The Morgan fingerprint density at radius 3 is 2.47 bits per heavy atom. The van der Waals surface area contributed by atoms with Crippen molar-refractivity contribution in [1.29, 1.82) is 0 Å². The molecular formula is C31H52O. The maximum atomic E-state index is 10.9. The summed E-state index contributed by atoms with van der Waals surface area (Å²) in [5.74, 6) is 4.50. The van der Waals surface area contributed by atoms with Crippen LogP contribution < -0.4 is 0 Å². The first-order chi connectivity index (χ1) is 15.1. The SMILES string of the molecule is CC(C)=CCC[C@@H](C)[C@H]1CC[C@H]2C3=C(CC[C@]12C)[C@@]1(C)CC[C@H](O)C(CC(C)C)C1CC3. The first-order valence-electron chi connectivity index (χ1n) is 14.1. The van der Waals surface area contributed by atoms with E-state index < -0.39 is 0 Å². The van der Waals surface area contributed by atoms with Gasteiger partial charge in [0.05, 0.1) is 6.10 Å². The Labute approximate surface area is 199 Å². The number of allylic oxidation sites excluding steroid dienone is 4. The minimum Gasteiger partial charge on any atom is -0.393 e. The zero-order valence-corrected chi connectivity index (χ0v) is 22.3. The molecule has 2 saturated carbocycles. The third-order valence-electron chi connectivity index (χ3n) is 10.9. The highest BCUT2D eigenvalue weighted by atomic mass is 16.3. The molecule has 0 aromatic heterocycles. The van der Waals surface area contributed by atoms with Crippen molar-refractivity contribution >= 4 is 0 Å². The van der Waals surface area contributed by atoms with E-state index in [0.29, 0.717) is 28.6 Å². The highest BCUT2D eigenvalue weighted by Crippen LogP contribution is 2.66. The summed E-state index contributed by atoms with van der Waals surface area (Å²) >= 11 is 0. The average Bonchev–Trinajstić information content (AvgIpc) is 3.07. The fourth-order valence-electron chi connectivity index (χ4n) is 9.38. The van der Waals surface area contributed by atoms with Crippen LogP contribution in [0.5, 0.6) is 0 Å². The fourth-order valence-corrected chi connectivity index (χ4v) is 9.38. The minimum atomic E-state index is -0.0657. The molecule has 0 aromatic carbocycles. The molecule has 0 aliphatic heterocycles. The van der Waals surface area contributed by atoms with Crippen molar-refractivity contribution < 1.29 is 5.11 Å². The Balaban J connectivity index is 1.57. The molecule has 8 atom stereocenters. The Morgan fingerprint density at radius 1 is 1.03 bits per heavy atom. The zero-order chi connectivity index (χ0) is 23.3. The van der Waals surface area contributed by atoms with Gasteiger partial charge in [-0.3, -0.25) is 0 Å². The van der Waals surface area contributed by atoms with E-state index in [0.717, 1.165) is 24.2 Å². The Hall–Kier alpha value is -0.560. The van der Waals surface area contributed by atoms with Gasteiger partial charge in [0.15, 0.2) is 0 Å². The molecule has 1 nitrogen and oxygen atoms in total. The summed E-state index contributed by atoms with van der Waals surface area (Å²) in [6, 6.07) is 0. The van der Waals surface area contributed by atoms with E-state index in [1.54, 1.807) is 0 Å². The van der Waals surface area contributed by atoms with Crippen LogP contribution in [0.2, 0.25) is 0 Å². The van der Waals surface area contributed by atoms with Crippen LogP contribution in [0.1, 0.15) is 119 Å². The molecule has 4 rings (SSSR count). The minimum absolute atomic E-state index is 0.0657. The third kappa shape index (κ3) is 4.18. The highest BCUT2D eigenvalue weighted by Gasteiger charge is 2.57. The van der Waals surface area contributed by atoms with E-state index in [1.165, 1.54) is 69.8 Å². The van der Waals surface area contributed by atoms with Crippen LogP contribution in [0.3, 0.4) is 0 Å². The van der Waals surface area contributed by atoms with Crippen LogP contribution in [0, 0.1) is 46.3 Å². The van der Waals surface area contributed by atoms with E-state index in [1.807, 2.05) is 11.1 Å². The van der Waals surface area contributed by atoms with Gasteiger partial charge in [0.2, 0.25) is 0 Å². The van der Waals surface area contributed by atoms with Crippen LogP contribution in [0.4, 0.5) is 0 Å². The maximum absolute atomic E-state index is 10.9. The molecule has 0 radical (unpaired) electrons. The molecule has 182 valence electrons. The van der Waals surface area contributed by atoms with Gasteiger partial charge in [-0.1, -0.05) is 57.4 Å². The Kier molecular flexibility index (Phi) is 7.09. The predicted molar refractivity (Wildman–Crippen MR) is 137 cm³/mol. The van der Waals surface area contributed by atoms with Gasteiger partial charge in [-0.2, -0.15) is 0 Å². The van der Waals surface area contributed by atoms with E-state index in [4.69, 9.17) is 0 Å². The molecule has 4 aliphatic carbocycles. The van der Waals surface area contributed by atoms with Gasteiger partial charge in [0, 0.05) is 0 Å². The highest BCUT2D eigenvalue weighted by molar-refractivity contribution is 5.35. The molecule has 32 heavy (non-hydrogen) atoms. The lowest BCUT2D eigenvalue weighted by atomic mass is 9.48. The largest absolute Gasteiger partial charge is 0.393 e. The van der Waals surface area contributed by atoms with Gasteiger partial charge in [-0.15, -0.1) is 0 Å². The van der Waals surface area contributed by atoms with Gasteiger partial charge < -0.3 is 5.11 Å². The first-order valence-corrected chi connectivity index (χ1v) is 14.1. The van der Waals surface area contributed by atoms with Crippen molar-refractivity contribution in [2.75, 3.05) is 0 Å². The summed E-state index contributed by atoms with van der Waals surface area (Å²) in [5, 5.41) is 10.9. The Morgan fingerprint density at radius 2 is 1.78 bits per heavy atom. The molecule has 2 fully saturated rings. The molecule has 0 bridgehead atoms. The number of rotatable bonds is 6. The van der Waals surface area contributed by atoms with Gasteiger partial charge in [0.25, 0.3) is 0 Å². The standard InChI is InChI=1S/C31H52O/c1-20(2)9-8-10-22(5)25-13-14-26-23-11-12-27-24(19-21(3)4)29(32)16-18-31(27,7)28(23)15-17-30(25,26)6/h9,21-22,24-27,29,32H,8,10-19H2,1-7H3/t22-,24?,25-,26+,27?,29+,30-,31+/m1/s1. The second-order valence-corrected chi connectivity index (χ2v) is 13.5. The van der Waals surface area contributed by atoms with Crippen LogP contribution in [-0.4, -0.2) is 11.2 Å². The molecule has 2 unspecified atom stereocenters. The van der Waals surface area contributed by atoms with Crippen molar-refractivity contribution in [1.82, 2.24) is 0 Å². The number of aliphatic hydroxyl groups excluding tert-OH is 1. The van der Waals surface area contributed by atoms with Crippen molar-refractivity contribution in [3.8, 4) is 0 Å². The van der Waals surface area contributed by atoms with Crippen LogP contribution in [0.15, 0.2) is 22.8 Å². The molecule has 4 aliphatic rings. The van der Waals surface area contributed by atoms with Crippen molar-refractivity contribution in [3.05, 3.63) is 22.8 Å². The number of fused-ring (bicyclic) bond motifs is 4. The molecule has 0 heterocycles. The second-order valence-electron chi connectivity index (χ2n) is 13.5. The number of hydrogen-bond acceptors (Lipinski definition) is 1. The van der Waals surface area contributed by atoms with Crippen molar-refractivity contribution in [3.63, 3.8) is 0 Å². The summed E-state index contributed by atoms with van der Waals surface area (Å²) in [4.78, 5) is 0. The summed E-state index contributed by atoms with van der Waals surface area (Å²) in [6.07, 6.45) is 16.7. The first kappa shape index (κ1) is 24.6. The quantitative estimate of drug-likeness (QED) is 0.409. The van der Waals surface area contributed by atoms with E-state index in [-0.39, 0.29) is 6.10 Å². The smallest absolute Gasteiger partial charge is 0.0571 e. The molecule has 0 aromatic rings. The predicted octanol–water partition coefficient (Wildman–Crippen LogP) is 8.73. The van der Waals surface area contributed by atoms with E-state index >= 15 is 0 Å². The Bertz CT molecular complexity index is 740. The van der Waals surface area contributed by atoms with Crippen molar-refractivity contribution in [2.24, 2.45) is 46.3 Å². The monoisotopic (exact) mass is 440 g/mol. The maximum Gasteiger partial charge on any atom is 0.0571 e. The number of hydrogen-bond donors (Lipinski definition) is 1. The summed E-state index contributed by atoms with van der Waals surface area (Å²) in [5.41, 5.74) is 6.16. The lowest BCUT2D eigenvalue weighted by molar-refractivity contribution is -0.0493. The fraction of sp³-hybridized carbons (Fsp3) is 0.871. The molecule has 0 spiro atoms. The summed E-state index contributed by atoms with van der Waals surface area (Å²) < 4.78 is 0. The zero-order valence-electron chi connectivity index (χ0n) is 22.3. The second kappa shape index (κ2) is 9.24. The van der Waals surface area contributed by atoms with Gasteiger partial charge in [-0.05, 0) is 131 Å². The van der Waals surface area contributed by atoms with E-state index in [2.05, 4.69) is 54.5 Å². The molecule has 0 saturated heterocycles. The van der Waals surface area contributed by atoms with Crippen LogP contribution in [-0.2, 0) is 0 Å². The normalized spacial score (nSPS) is 42.3. The van der Waals surface area contributed by atoms with E-state index in [9.17, 15) is 5.11 Å². The van der Waals surface area contributed by atoms with Crippen LogP contribution >= 0.6 is 0 Å². The van der Waals surface area contributed by atoms with Crippen LogP contribution in [0.25, 0.3) is 0 Å². The lowest BCUT2D eigenvalue weighted by Gasteiger charge is -2.57. The van der Waals surface area contributed by atoms with Gasteiger partial charge in [-0.25, -0.2) is 0 Å². The molecule has 1 heteroatoms. The average molecular weight is 441 g/mol. The summed E-state index contributed by atoms with van der Waals surface area (Å²) in [7, 11) is 0. The van der Waals surface area contributed by atoms with Gasteiger partial charge >= 0.3 is 0 Å². The molecule has 1 N–H and O–H groups in total. The number of aliphatic hydroxyl groups is 1. The lowest BCUT2D eigenvalue weighted by Crippen LogP contribution is -2.50. The molecular weight excluding hydrogens is 388 g/mol. The van der Waals surface area contributed by atoms with Gasteiger partial charge in [0.1, 0.15) is 0 Å². The topological polar surface area (TPSA) is 20.2 Å². The summed E-state index contributed by atoms with van der Waals surface area (Å²) in [6.45, 7) is 17.0.